The number of fused-ring (bicyclic) bond motifs is 7. The monoisotopic (exact) mass is 867 g/mol. The maximum atomic E-state index is 5.34. The second kappa shape index (κ2) is 16.4. The minimum absolute atomic E-state index is 0.555. The van der Waals surface area contributed by atoms with E-state index >= 15 is 0 Å². The lowest BCUT2D eigenvalue weighted by molar-refractivity contribution is 0.953. The van der Waals surface area contributed by atoms with E-state index in [0.717, 1.165) is 83.0 Å². The maximum Gasteiger partial charge on any atom is 0.238 e. The average Bonchev–Trinajstić information content (AvgIpc) is 3.95. The van der Waals surface area contributed by atoms with E-state index in [2.05, 4.69) is 234 Å². The standard InChI is InChI=1S/C63H41N5/c1-5-17-42(18-6-1)45-29-33-47(34-30-45)51-38-37-50(44-21-9-3-10-22-44)41-58(51)67-55-27-15-13-25-52(55)53-39-40-57-59(60(53)67)54-26-14-16-28-56(54)68(57)63-65-61(48-23-11-4-12-24-48)64-62(66-63)49-35-31-46(32-36-49)43-19-7-2-8-20-43/h1-41H. The largest absolute Gasteiger partial charge is 0.308 e. The molecule has 0 amide bonds. The molecule has 0 saturated carbocycles. The number of para-hydroxylation sites is 2. The van der Waals surface area contributed by atoms with Crippen molar-refractivity contribution in [3.05, 3.63) is 249 Å². The lowest BCUT2D eigenvalue weighted by Crippen LogP contribution is -2.06. The molecule has 13 rings (SSSR count). The Balaban J connectivity index is 1.08. The van der Waals surface area contributed by atoms with Crippen LogP contribution >= 0.6 is 0 Å². The summed E-state index contributed by atoms with van der Waals surface area (Å²) < 4.78 is 4.73. The molecule has 0 radical (unpaired) electrons. The highest BCUT2D eigenvalue weighted by molar-refractivity contribution is 6.26. The number of aromatic nitrogens is 5. The number of hydrogen-bond donors (Lipinski definition) is 0. The topological polar surface area (TPSA) is 48.5 Å². The van der Waals surface area contributed by atoms with Crippen LogP contribution in [0.2, 0.25) is 0 Å². The van der Waals surface area contributed by atoms with Crippen LogP contribution in [0.1, 0.15) is 0 Å². The van der Waals surface area contributed by atoms with Crippen molar-refractivity contribution < 1.29 is 0 Å². The molecule has 0 aliphatic heterocycles. The molecule has 5 heteroatoms. The highest BCUT2D eigenvalue weighted by Gasteiger charge is 2.24. The molecule has 5 nitrogen and oxygen atoms in total. The van der Waals surface area contributed by atoms with Gasteiger partial charge in [-0.05, 0) is 63.2 Å². The molecule has 3 aromatic heterocycles. The molecule has 68 heavy (non-hydrogen) atoms. The van der Waals surface area contributed by atoms with Crippen LogP contribution in [0.15, 0.2) is 249 Å². The summed E-state index contributed by atoms with van der Waals surface area (Å²) in [6.07, 6.45) is 0. The Morgan fingerprint density at radius 2 is 0.691 bits per heavy atom. The fourth-order valence-electron chi connectivity index (χ4n) is 9.97. The summed E-state index contributed by atoms with van der Waals surface area (Å²) >= 11 is 0. The fourth-order valence-corrected chi connectivity index (χ4v) is 9.97. The number of rotatable bonds is 8. The highest BCUT2D eigenvalue weighted by atomic mass is 15.2. The van der Waals surface area contributed by atoms with Gasteiger partial charge in [-0.15, -0.1) is 0 Å². The molecule has 0 spiro atoms. The van der Waals surface area contributed by atoms with Crippen LogP contribution in [-0.2, 0) is 0 Å². The van der Waals surface area contributed by atoms with Crippen LogP contribution < -0.4 is 0 Å². The van der Waals surface area contributed by atoms with Crippen LogP contribution in [0.3, 0.4) is 0 Å². The van der Waals surface area contributed by atoms with Crippen LogP contribution in [0.5, 0.6) is 0 Å². The third-order valence-corrected chi connectivity index (χ3v) is 13.2. The molecule has 0 fully saturated rings. The van der Waals surface area contributed by atoms with E-state index in [1.165, 1.54) is 21.9 Å². The van der Waals surface area contributed by atoms with Gasteiger partial charge >= 0.3 is 0 Å². The van der Waals surface area contributed by atoms with Gasteiger partial charge in [-0.3, -0.25) is 4.57 Å². The van der Waals surface area contributed by atoms with Crippen molar-refractivity contribution in [2.45, 2.75) is 0 Å². The van der Waals surface area contributed by atoms with Crippen LogP contribution in [0, 0.1) is 0 Å². The lowest BCUT2D eigenvalue weighted by Gasteiger charge is -2.17. The van der Waals surface area contributed by atoms with Gasteiger partial charge in [-0.2, -0.15) is 9.97 Å². The zero-order chi connectivity index (χ0) is 45.0. The first-order valence-electron chi connectivity index (χ1n) is 23.0. The maximum absolute atomic E-state index is 5.34. The smallest absolute Gasteiger partial charge is 0.238 e. The molecule has 318 valence electrons. The second-order valence-corrected chi connectivity index (χ2v) is 17.2. The lowest BCUT2D eigenvalue weighted by atomic mass is 9.96. The number of hydrogen-bond acceptors (Lipinski definition) is 3. The summed E-state index contributed by atoms with van der Waals surface area (Å²) in [6, 6.07) is 88.3. The van der Waals surface area contributed by atoms with E-state index in [1.807, 2.05) is 24.3 Å². The molecule has 0 bridgehead atoms. The van der Waals surface area contributed by atoms with E-state index in [-0.39, 0.29) is 0 Å². The zero-order valence-corrected chi connectivity index (χ0v) is 36.9. The van der Waals surface area contributed by atoms with Gasteiger partial charge in [0.2, 0.25) is 5.95 Å². The summed E-state index contributed by atoms with van der Waals surface area (Å²) in [6.45, 7) is 0. The Kier molecular flexibility index (Phi) is 9.43. The fraction of sp³-hybridized carbons (Fsp3) is 0. The van der Waals surface area contributed by atoms with Gasteiger partial charge in [-0.1, -0.05) is 224 Å². The summed E-state index contributed by atoms with van der Waals surface area (Å²) in [7, 11) is 0. The van der Waals surface area contributed by atoms with Crippen LogP contribution in [0.4, 0.5) is 0 Å². The Morgan fingerprint density at radius 3 is 1.28 bits per heavy atom. The SMILES string of the molecule is c1ccc(-c2ccc(-c3nc(-c4ccccc4)nc(-n4c5ccccc5c5c4ccc4c6ccccc6n(-c6cc(-c7ccccc7)ccc6-c6ccc(-c7ccccc7)cc6)c45)n3)cc2)cc1. The van der Waals surface area contributed by atoms with E-state index in [9.17, 15) is 0 Å². The molecule has 0 unspecified atom stereocenters. The Bertz CT molecular complexity index is 3970. The van der Waals surface area contributed by atoms with Gasteiger partial charge in [0.25, 0.3) is 0 Å². The van der Waals surface area contributed by atoms with Gasteiger partial charge in [0.1, 0.15) is 0 Å². The summed E-state index contributed by atoms with van der Waals surface area (Å²) in [5.41, 5.74) is 16.5. The molecule has 0 saturated heterocycles. The second-order valence-electron chi connectivity index (χ2n) is 17.2. The van der Waals surface area contributed by atoms with Crippen molar-refractivity contribution in [3.8, 4) is 78.9 Å². The molecule has 0 aliphatic carbocycles. The summed E-state index contributed by atoms with van der Waals surface area (Å²) in [5, 5.41) is 4.59. The molecule has 0 atom stereocenters. The van der Waals surface area contributed by atoms with E-state index < -0.39 is 0 Å². The van der Waals surface area contributed by atoms with Crippen molar-refractivity contribution in [1.29, 1.82) is 0 Å². The first kappa shape index (κ1) is 39.2. The third-order valence-electron chi connectivity index (χ3n) is 13.2. The summed E-state index contributed by atoms with van der Waals surface area (Å²) in [5.74, 6) is 1.77. The van der Waals surface area contributed by atoms with Gasteiger partial charge in [0, 0.05) is 38.2 Å². The van der Waals surface area contributed by atoms with Gasteiger partial charge in [0.15, 0.2) is 11.6 Å². The number of benzene rings is 10. The van der Waals surface area contributed by atoms with E-state index in [4.69, 9.17) is 15.0 Å². The highest BCUT2D eigenvalue weighted by Crippen LogP contribution is 2.44. The van der Waals surface area contributed by atoms with Crippen molar-refractivity contribution in [1.82, 2.24) is 24.1 Å². The Morgan fingerprint density at radius 1 is 0.265 bits per heavy atom. The van der Waals surface area contributed by atoms with Gasteiger partial charge < -0.3 is 4.57 Å². The molecule has 0 N–H and O–H groups in total. The van der Waals surface area contributed by atoms with Gasteiger partial charge in [0.05, 0.1) is 27.8 Å². The van der Waals surface area contributed by atoms with Crippen molar-refractivity contribution in [2.24, 2.45) is 0 Å². The quantitative estimate of drug-likeness (QED) is 0.153. The van der Waals surface area contributed by atoms with E-state index in [1.54, 1.807) is 0 Å². The molecule has 13 aromatic rings. The normalized spacial score (nSPS) is 11.5. The van der Waals surface area contributed by atoms with Crippen molar-refractivity contribution in [3.63, 3.8) is 0 Å². The first-order chi connectivity index (χ1) is 33.7. The molecular formula is C63H41N5. The molecule has 0 aliphatic rings. The minimum Gasteiger partial charge on any atom is -0.308 e. The molecule has 10 aromatic carbocycles. The first-order valence-corrected chi connectivity index (χ1v) is 23.0. The third kappa shape index (κ3) is 6.68. The predicted octanol–water partition coefficient (Wildman–Crippen LogP) is 16.1. The van der Waals surface area contributed by atoms with Crippen LogP contribution in [0.25, 0.3) is 123 Å². The Hall–Kier alpha value is -9.19. The zero-order valence-electron chi connectivity index (χ0n) is 36.9. The predicted molar refractivity (Wildman–Crippen MR) is 281 cm³/mol. The molecule has 3 heterocycles. The van der Waals surface area contributed by atoms with Crippen molar-refractivity contribution in [2.75, 3.05) is 0 Å². The van der Waals surface area contributed by atoms with Gasteiger partial charge in [-0.25, -0.2) is 4.98 Å². The van der Waals surface area contributed by atoms with E-state index in [0.29, 0.717) is 17.6 Å². The average molecular weight is 868 g/mol. The van der Waals surface area contributed by atoms with Crippen molar-refractivity contribution >= 4 is 43.6 Å². The summed E-state index contributed by atoms with van der Waals surface area (Å²) in [4.78, 5) is 15.8. The molecular weight excluding hydrogens is 827 g/mol. The number of nitrogens with zero attached hydrogens (tertiary/aromatic N) is 5. The minimum atomic E-state index is 0.555. The van der Waals surface area contributed by atoms with Crippen LogP contribution in [-0.4, -0.2) is 24.1 Å². The Labute approximate surface area is 393 Å².